The molecule has 0 N–H and O–H groups in total. The number of hydrogen-bond acceptors (Lipinski definition) is 4. The zero-order valence-corrected chi connectivity index (χ0v) is 44.2. The maximum absolute atomic E-state index is 6.56. The van der Waals surface area contributed by atoms with E-state index in [9.17, 15) is 0 Å². The largest absolute Gasteiger partial charge is 0.296 e. The molecule has 4 bridgehead atoms. The predicted molar refractivity (Wildman–Crippen MR) is 315 cm³/mol. The van der Waals surface area contributed by atoms with E-state index in [0.29, 0.717) is 38.0 Å². The number of hydrogen-bond donors (Lipinski definition) is 0. The molecule has 0 unspecified atom stereocenters. The smallest absolute Gasteiger partial charge is 0.189 e. The van der Waals surface area contributed by atoms with E-state index >= 15 is 0 Å². The quantitative estimate of drug-likeness (QED) is 0.124. The summed E-state index contributed by atoms with van der Waals surface area (Å²) in [6.45, 7) is 6.19. The lowest BCUT2D eigenvalue weighted by atomic mass is 9.89. The summed E-state index contributed by atoms with van der Waals surface area (Å²) in [5, 5.41) is 16.5. The van der Waals surface area contributed by atoms with Gasteiger partial charge in [-0.15, -0.1) is 0 Å². The van der Waals surface area contributed by atoms with Gasteiger partial charge in [0.2, 0.25) is 0 Å². The molecule has 10 heterocycles. The molecule has 0 aliphatic carbocycles. The van der Waals surface area contributed by atoms with Crippen molar-refractivity contribution in [2.75, 3.05) is 26.2 Å². The number of benzene rings is 8. The van der Waals surface area contributed by atoms with E-state index < -0.39 is 21.7 Å². The molecule has 0 saturated carbocycles. The van der Waals surface area contributed by atoms with E-state index in [1.54, 1.807) is 0 Å². The van der Waals surface area contributed by atoms with Crippen molar-refractivity contribution in [1.82, 2.24) is 36.8 Å². The Labute approximate surface area is 446 Å². The highest BCUT2D eigenvalue weighted by molar-refractivity contribution is 8.15. The zero-order valence-electron chi connectivity index (χ0n) is 39.3. The molecule has 10 aliphatic rings. The molecule has 10 aliphatic heterocycles. The monoisotopic (exact) mass is 1050 g/mol. The highest BCUT2D eigenvalue weighted by Crippen LogP contribution is 2.49. The van der Waals surface area contributed by atoms with Gasteiger partial charge in [-0.25, -0.2) is 0 Å². The third-order valence-electron chi connectivity index (χ3n) is 15.7. The van der Waals surface area contributed by atoms with Crippen LogP contribution in [0.5, 0.6) is 0 Å². The molecule has 0 aromatic heterocycles. The third-order valence-corrected chi connectivity index (χ3v) is 22.4. The summed E-state index contributed by atoms with van der Waals surface area (Å²) < 4.78 is 9.81. The van der Waals surface area contributed by atoms with E-state index in [0.717, 1.165) is 59.5 Å². The molecule has 72 heavy (non-hydrogen) atoms. The molecular formula is C58H48N8S6. The highest BCUT2D eigenvalue weighted by Gasteiger charge is 2.52. The van der Waals surface area contributed by atoms with E-state index in [1.165, 1.54) is 86.7 Å². The van der Waals surface area contributed by atoms with Crippen LogP contribution in [0.1, 0.15) is 33.4 Å². The first-order valence-electron chi connectivity index (χ1n) is 24.8. The molecule has 0 amide bonds. The molecule has 14 heteroatoms. The summed E-state index contributed by atoms with van der Waals surface area (Å²) in [6, 6.07) is 58.4. The molecule has 8 aromatic rings. The maximum atomic E-state index is 6.56. The molecule has 8 aromatic carbocycles. The minimum absolute atomic E-state index is 0.312. The Balaban J connectivity index is 0.757. The van der Waals surface area contributed by atoms with Crippen LogP contribution >= 0.6 is 70.6 Å². The van der Waals surface area contributed by atoms with E-state index in [-0.39, 0.29) is 0 Å². The van der Waals surface area contributed by atoms with Gasteiger partial charge in [0.05, 0.1) is 47.9 Å². The summed E-state index contributed by atoms with van der Waals surface area (Å²) in [4.78, 5) is 9.73. The highest BCUT2D eigenvalue weighted by atomic mass is 32.2. The van der Waals surface area contributed by atoms with Gasteiger partial charge in [0.15, 0.2) is 30.7 Å². The van der Waals surface area contributed by atoms with Gasteiger partial charge in [0.25, 0.3) is 0 Å². The van der Waals surface area contributed by atoms with Crippen molar-refractivity contribution in [1.29, 1.82) is 0 Å². The summed E-state index contributed by atoms with van der Waals surface area (Å²) in [6.07, 6.45) is 1.87. The van der Waals surface area contributed by atoms with E-state index in [2.05, 4.69) is 195 Å². The van der Waals surface area contributed by atoms with Crippen molar-refractivity contribution in [2.24, 2.45) is 11.8 Å². The summed E-state index contributed by atoms with van der Waals surface area (Å²) in [5.41, 5.74) is 7.70. The van der Waals surface area contributed by atoms with Crippen LogP contribution in [0, 0.1) is 11.8 Å². The van der Waals surface area contributed by atoms with E-state index in [1.807, 2.05) is 0 Å². The van der Waals surface area contributed by atoms with Crippen LogP contribution in [-0.2, 0) is 39.0 Å². The lowest BCUT2D eigenvalue weighted by Gasteiger charge is -2.41. The molecule has 0 spiro atoms. The maximum Gasteiger partial charge on any atom is 0.189 e. The molecule has 18 rings (SSSR count). The van der Waals surface area contributed by atoms with Gasteiger partial charge < -0.3 is 0 Å². The van der Waals surface area contributed by atoms with Crippen molar-refractivity contribution in [3.05, 3.63) is 191 Å². The van der Waals surface area contributed by atoms with Crippen LogP contribution in [0.4, 0.5) is 0 Å². The van der Waals surface area contributed by atoms with Crippen molar-refractivity contribution in [3.63, 3.8) is 0 Å². The van der Waals surface area contributed by atoms with Crippen LogP contribution in [-0.4, -0.2) is 93.7 Å². The Morgan fingerprint density at radius 2 is 0.597 bits per heavy atom. The van der Waals surface area contributed by atoms with Crippen molar-refractivity contribution in [3.8, 4) is 0 Å². The first-order valence-corrected chi connectivity index (χ1v) is 28.8. The fraction of sp³-hybridized carbons (Fsp3) is 0.207. The SMILES string of the molecule is S=C1N2CC(Cc3c4ccccc4cc4ccccc34)CN3C(=S)N4Cc5ccc(cc5)CN5C(=S)N6CC(Cc7c8ccccc8cc8ccccc78)CN7C(=S)N(Cc8ccc(cc8)CN1S4=C23)S5=C76. The first-order chi connectivity index (χ1) is 35.3. The molecule has 2 fully saturated rings. The van der Waals surface area contributed by atoms with Gasteiger partial charge in [0, 0.05) is 26.2 Å². The van der Waals surface area contributed by atoms with Gasteiger partial charge >= 0.3 is 0 Å². The van der Waals surface area contributed by atoms with Gasteiger partial charge in [-0.1, -0.05) is 146 Å². The summed E-state index contributed by atoms with van der Waals surface area (Å²) in [7, 11) is -0.966. The Hall–Kier alpha value is -6.00. The Morgan fingerprint density at radius 1 is 0.347 bits per heavy atom. The Bertz CT molecular complexity index is 3310. The average molecular weight is 1050 g/mol. The van der Waals surface area contributed by atoms with Gasteiger partial charge in [0.1, 0.15) is 0 Å². The van der Waals surface area contributed by atoms with Gasteiger partial charge in [-0.2, -0.15) is 0 Å². The number of rotatable bonds is 4. The molecule has 0 radical (unpaired) electrons. The normalized spacial score (nSPS) is 21.0. The Morgan fingerprint density at radius 3 is 0.861 bits per heavy atom. The fourth-order valence-electron chi connectivity index (χ4n) is 12.4. The lowest BCUT2D eigenvalue weighted by Crippen LogP contribution is -2.56. The van der Waals surface area contributed by atoms with Gasteiger partial charge in [-0.05, 0) is 162 Å². The molecule has 356 valence electrons. The summed E-state index contributed by atoms with van der Waals surface area (Å²) >= 11 is 26.2. The second-order valence-corrected chi connectivity index (χ2v) is 25.2. The van der Waals surface area contributed by atoms with Crippen molar-refractivity contribution in [2.45, 2.75) is 39.0 Å². The van der Waals surface area contributed by atoms with Gasteiger partial charge in [-0.3, -0.25) is 36.8 Å². The Kier molecular flexibility index (Phi) is 10.1. The van der Waals surface area contributed by atoms with Crippen molar-refractivity contribution >= 4 is 144 Å². The molecule has 8 nitrogen and oxygen atoms in total. The number of nitrogens with zero attached hydrogens (tertiary/aromatic N) is 8. The summed E-state index contributed by atoms with van der Waals surface area (Å²) in [5.74, 6) is 0.623. The van der Waals surface area contributed by atoms with E-state index in [4.69, 9.17) is 48.9 Å². The minimum atomic E-state index is -0.483. The number of thiocarbonyl (C=S) groups is 4. The topological polar surface area (TPSA) is 25.9 Å². The zero-order chi connectivity index (χ0) is 47.9. The molecule has 2 saturated heterocycles. The van der Waals surface area contributed by atoms with Crippen LogP contribution in [0.15, 0.2) is 158 Å². The van der Waals surface area contributed by atoms with Crippen LogP contribution in [0.3, 0.4) is 0 Å². The lowest BCUT2D eigenvalue weighted by molar-refractivity contribution is 0.299. The molecule has 0 atom stereocenters. The van der Waals surface area contributed by atoms with Crippen LogP contribution in [0.2, 0.25) is 0 Å². The predicted octanol–water partition coefficient (Wildman–Crippen LogP) is 11.7. The molecular weight excluding hydrogens is 1000 g/mol. The van der Waals surface area contributed by atoms with Crippen LogP contribution in [0.25, 0.3) is 43.1 Å². The standard InChI is InChI=1S/C58H48N8S6/c67-53-59-29-41(25-51-47-13-5-1-9-43(47)27-44-10-2-6-14-48(44)51)30-60-54(68)64-34-38-19-23-40(24-20-38)36-66-56(70)62-32-42(26-52-49-15-7-3-11-45(49)28-46-12-4-8-16-50(46)52)31-61-55(69)65(72(66)58(61)62)35-39-21-17-37(18-22-39)33-63(53)71(64)57(59)60/h1-24,27-28,41-42H,25-26,29-36H2. The second kappa shape index (κ2) is 16.8. The first kappa shape index (κ1) is 43.6. The third kappa shape index (κ3) is 6.75. The average Bonchev–Trinajstić information content (AvgIpc) is 4.04. The second-order valence-electron chi connectivity index (χ2n) is 20.2. The fourth-order valence-corrected chi connectivity index (χ4v) is 19.2. The number of fused-ring (bicyclic) bond motifs is 4. The van der Waals surface area contributed by atoms with Crippen molar-refractivity contribution < 1.29 is 0 Å². The minimum Gasteiger partial charge on any atom is -0.296 e. The van der Waals surface area contributed by atoms with Crippen LogP contribution < -0.4 is 0 Å².